The predicted octanol–water partition coefficient (Wildman–Crippen LogP) is 1.00. The molecular weight excluding hydrogens is 370 g/mol. The summed E-state index contributed by atoms with van der Waals surface area (Å²) in [4.78, 5) is 23.5. The molecule has 1 amide bonds. The number of nitrogens with one attached hydrogen (secondary N) is 1. The number of hydrogen-bond acceptors (Lipinski definition) is 8. The Kier molecular flexibility index (Phi) is 5.44. The van der Waals surface area contributed by atoms with E-state index in [2.05, 4.69) is 5.32 Å². The van der Waals surface area contributed by atoms with Gasteiger partial charge in [0.1, 0.15) is 41.6 Å². The quantitative estimate of drug-likeness (QED) is 0.702. The first-order valence-electron chi connectivity index (χ1n) is 8.70. The Labute approximate surface area is 160 Å². The van der Waals surface area contributed by atoms with Gasteiger partial charge in [-0.05, 0) is 26.0 Å². The third-order valence-corrected chi connectivity index (χ3v) is 4.61. The molecule has 1 aliphatic heterocycles. The van der Waals surface area contributed by atoms with E-state index < -0.39 is 35.6 Å². The predicted molar refractivity (Wildman–Crippen MR) is 99.2 cm³/mol. The Hall–Kier alpha value is -2.46. The van der Waals surface area contributed by atoms with Crippen LogP contribution in [0.15, 0.2) is 33.7 Å². The second-order valence-corrected chi connectivity index (χ2v) is 7.16. The molecular formula is C19H23NO8. The molecule has 1 saturated heterocycles. The van der Waals surface area contributed by atoms with Gasteiger partial charge in [-0.2, -0.15) is 0 Å². The number of aliphatic hydroxyl groups excluding tert-OH is 2. The molecule has 0 radical (unpaired) electrons. The maximum atomic E-state index is 12.4. The number of methoxy groups -OCH3 is 1. The topological polar surface area (TPSA) is 127 Å². The first-order chi connectivity index (χ1) is 13.1. The minimum Gasteiger partial charge on any atom is -0.462 e. The number of anilines is 1. The smallest absolute Gasteiger partial charge is 0.229 e. The van der Waals surface area contributed by atoms with Crippen molar-refractivity contribution in [1.82, 2.24) is 0 Å². The molecule has 0 saturated carbocycles. The molecule has 0 bridgehead atoms. The summed E-state index contributed by atoms with van der Waals surface area (Å²) in [6.45, 7) is 4.73. The second-order valence-electron chi connectivity index (χ2n) is 7.16. The maximum Gasteiger partial charge on any atom is 0.229 e. The number of amides is 1. The Balaban J connectivity index is 1.86. The lowest BCUT2D eigenvalue weighted by Gasteiger charge is -2.46. The fourth-order valence-corrected chi connectivity index (χ4v) is 3.30. The van der Waals surface area contributed by atoms with Crippen molar-refractivity contribution in [3.63, 3.8) is 0 Å². The van der Waals surface area contributed by atoms with Gasteiger partial charge in [-0.15, -0.1) is 0 Å². The summed E-state index contributed by atoms with van der Waals surface area (Å²) >= 11 is 0. The fraction of sp³-hybridized carbons (Fsp3) is 0.474. The van der Waals surface area contributed by atoms with Crippen LogP contribution in [0.25, 0.3) is 11.0 Å². The average molecular weight is 393 g/mol. The van der Waals surface area contributed by atoms with Crippen LogP contribution in [0.2, 0.25) is 0 Å². The van der Waals surface area contributed by atoms with Crippen molar-refractivity contribution in [2.75, 3.05) is 12.4 Å². The van der Waals surface area contributed by atoms with Gasteiger partial charge in [0, 0.05) is 20.1 Å². The molecule has 1 aromatic heterocycles. The summed E-state index contributed by atoms with van der Waals surface area (Å²) in [5.41, 5.74) is -1.03. The van der Waals surface area contributed by atoms with E-state index in [1.807, 2.05) is 0 Å². The van der Waals surface area contributed by atoms with Crippen LogP contribution in [-0.4, -0.2) is 53.4 Å². The van der Waals surface area contributed by atoms with Gasteiger partial charge in [0.2, 0.25) is 17.6 Å². The molecule has 0 aliphatic carbocycles. The Morgan fingerprint density at radius 3 is 2.61 bits per heavy atom. The van der Waals surface area contributed by atoms with Crippen LogP contribution in [0.3, 0.4) is 0 Å². The first kappa shape index (κ1) is 20.3. The minimum atomic E-state index is -1.34. The molecule has 0 spiro atoms. The van der Waals surface area contributed by atoms with Crippen molar-refractivity contribution in [2.45, 2.75) is 51.0 Å². The van der Waals surface area contributed by atoms with Crippen LogP contribution >= 0.6 is 0 Å². The van der Waals surface area contributed by atoms with Crippen LogP contribution in [0.4, 0.5) is 5.69 Å². The van der Waals surface area contributed by atoms with Gasteiger partial charge >= 0.3 is 0 Å². The van der Waals surface area contributed by atoms with Crippen molar-refractivity contribution < 1.29 is 33.6 Å². The molecule has 2 heterocycles. The molecule has 9 heteroatoms. The standard InChI is InChI=1S/C19H23NO8/c1-9(21)20-12-8-26-13-7-10(5-6-11(13)14(12)22)27-18-16(24)15(23)17(25-4)19(2,3)28-18/h5-8,15-18,23-24H,1-4H3,(H,20,21)/t15-,16+,17+,18+/m0/s1. The molecule has 1 aliphatic rings. The molecule has 3 N–H and O–H groups in total. The highest BCUT2D eigenvalue weighted by Crippen LogP contribution is 2.33. The van der Waals surface area contributed by atoms with Crippen LogP contribution in [-0.2, 0) is 14.3 Å². The molecule has 4 atom stereocenters. The fourth-order valence-electron chi connectivity index (χ4n) is 3.30. The normalized spacial score (nSPS) is 26.8. The Bertz CT molecular complexity index is 937. The zero-order chi connectivity index (χ0) is 20.6. The minimum absolute atomic E-state index is 0.0372. The summed E-state index contributed by atoms with van der Waals surface area (Å²) in [5.74, 6) is -0.114. The van der Waals surface area contributed by atoms with Crippen LogP contribution < -0.4 is 15.5 Å². The Morgan fingerprint density at radius 1 is 1.25 bits per heavy atom. The van der Waals surface area contributed by atoms with Gasteiger partial charge in [0.15, 0.2) is 0 Å². The lowest BCUT2D eigenvalue weighted by Crippen LogP contribution is -2.63. The zero-order valence-electron chi connectivity index (χ0n) is 16.0. The van der Waals surface area contributed by atoms with E-state index in [0.717, 1.165) is 6.26 Å². The number of carbonyl (C=O) groups is 1. The van der Waals surface area contributed by atoms with E-state index in [1.165, 1.54) is 32.2 Å². The van der Waals surface area contributed by atoms with Crippen molar-refractivity contribution in [1.29, 1.82) is 0 Å². The lowest BCUT2D eigenvalue weighted by atomic mass is 9.89. The van der Waals surface area contributed by atoms with Gasteiger partial charge < -0.3 is 34.2 Å². The molecule has 9 nitrogen and oxygen atoms in total. The summed E-state index contributed by atoms with van der Waals surface area (Å²) in [6, 6.07) is 4.46. The van der Waals surface area contributed by atoms with E-state index in [1.54, 1.807) is 13.8 Å². The lowest BCUT2D eigenvalue weighted by molar-refractivity contribution is -0.305. The van der Waals surface area contributed by atoms with Gasteiger partial charge in [-0.25, -0.2) is 0 Å². The number of rotatable bonds is 4. The monoisotopic (exact) mass is 393 g/mol. The van der Waals surface area contributed by atoms with Crippen molar-refractivity contribution in [3.05, 3.63) is 34.7 Å². The van der Waals surface area contributed by atoms with Crippen LogP contribution in [0.5, 0.6) is 5.75 Å². The summed E-state index contributed by atoms with van der Waals surface area (Å²) in [5, 5.41) is 23.3. The van der Waals surface area contributed by atoms with E-state index >= 15 is 0 Å². The van der Waals surface area contributed by atoms with E-state index in [-0.39, 0.29) is 28.3 Å². The highest BCUT2D eigenvalue weighted by atomic mass is 16.7. The highest BCUT2D eigenvalue weighted by molar-refractivity contribution is 5.91. The number of fused-ring (bicyclic) bond motifs is 1. The van der Waals surface area contributed by atoms with E-state index in [4.69, 9.17) is 18.6 Å². The van der Waals surface area contributed by atoms with Crippen molar-refractivity contribution >= 4 is 22.6 Å². The summed E-state index contributed by atoms with van der Waals surface area (Å²) in [7, 11) is 1.42. The van der Waals surface area contributed by atoms with Crippen LogP contribution in [0, 0.1) is 0 Å². The number of aliphatic hydroxyl groups is 2. The van der Waals surface area contributed by atoms with E-state index in [0.29, 0.717) is 0 Å². The molecule has 1 aromatic carbocycles. The maximum absolute atomic E-state index is 12.4. The summed E-state index contributed by atoms with van der Waals surface area (Å²) in [6.07, 6.45) is -3.29. The molecule has 1 fully saturated rings. The molecule has 3 rings (SSSR count). The molecule has 0 unspecified atom stereocenters. The number of hydrogen-bond donors (Lipinski definition) is 3. The first-order valence-corrected chi connectivity index (χ1v) is 8.70. The zero-order valence-corrected chi connectivity index (χ0v) is 16.0. The SMILES string of the molecule is CO[C@@H]1[C@@H](O)[C@@H](O)[C@H](Oc2ccc3c(=O)c(NC(C)=O)coc3c2)OC1(C)C. The molecule has 152 valence electrons. The molecule has 28 heavy (non-hydrogen) atoms. The Morgan fingerprint density at radius 2 is 1.96 bits per heavy atom. The summed E-state index contributed by atoms with van der Waals surface area (Å²) < 4.78 is 22.1. The van der Waals surface area contributed by atoms with Gasteiger partial charge in [-0.1, -0.05) is 0 Å². The van der Waals surface area contributed by atoms with Gasteiger partial charge in [0.05, 0.1) is 11.0 Å². The highest BCUT2D eigenvalue weighted by Gasteiger charge is 2.50. The van der Waals surface area contributed by atoms with Crippen molar-refractivity contribution in [3.8, 4) is 5.75 Å². The van der Waals surface area contributed by atoms with Crippen LogP contribution in [0.1, 0.15) is 20.8 Å². The number of ether oxygens (including phenoxy) is 3. The second kappa shape index (κ2) is 7.51. The van der Waals surface area contributed by atoms with Gasteiger partial charge in [-0.3, -0.25) is 9.59 Å². The third-order valence-electron chi connectivity index (χ3n) is 4.61. The molecule has 2 aromatic rings. The number of benzene rings is 1. The largest absolute Gasteiger partial charge is 0.462 e. The van der Waals surface area contributed by atoms with Gasteiger partial charge in [0.25, 0.3) is 0 Å². The van der Waals surface area contributed by atoms with Crippen molar-refractivity contribution in [2.24, 2.45) is 0 Å². The van der Waals surface area contributed by atoms with E-state index in [9.17, 15) is 19.8 Å². The average Bonchev–Trinajstić information content (AvgIpc) is 2.61. The third kappa shape index (κ3) is 3.74. The number of carbonyl (C=O) groups excluding carboxylic acids is 1.